The molecule has 0 saturated carbocycles. The van der Waals surface area contributed by atoms with Gasteiger partial charge < -0.3 is 15.5 Å². The maximum atomic E-state index is 11.1. The lowest BCUT2D eigenvalue weighted by atomic mass is 10.2. The van der Waals surface area contributed by atoms with E-state index < -0.39 is 5.97 Å². The predicted octanol–water partition coefficient (Wildman–Crippen LogP) is 1.74. The molecule has 2 heterocycles. The molecular formula is C12H15N3O3S. The highest BCUT2D eigenvalue weighted by Crippen LogP contribution is 2.33. The third-order valence-corrected chi connectivity index (χ3v) is 4.04. The van der Waals surface area contributed by atoms with Crippen molar-refractivity contribution in [2.24, 2.45) is 5.92 Å². The van der Waals surface area contributed by atoms with Crippen molar-refractivity contribution in [2.45, 2.75) is 13.8 Å². The molecule has 19 heavy (non-hydrogen) atoms. The molecule has 2 rings (SSSR count). The van der Waals surface area contributed by atoms with Crippen LogP contribution in [0.15, 0.2) is 6.33 Å². The molecule has 6 nitrogen and oxygen atoms in total. The number of aromatic nitrogens is 2. The molecule has 1 unspecified atom stereocenters. The van der Waals surface area contributed by atoms with E-state index in [0.29, 0.717) is 22.8 Å². The lowest BCUT2D eigenvalue weighted by molar-refractivity contribution is 0.0701. The van der Waals surface area contributed by atoms with Gasteiger partial charge in [-0.2, -0.15) is 0 Å². The zero-order valence-corrected chi connectivity index (χ0v) is 11.5. The number of hydrogen-bond acceptors (Lipinski definition) is 6. The van der Waals surface area contributed by atoms with Gasteiger partial charge in [0.15, 0.2) is 0 Å². The zero-order valence-electron chi connectivity index (χ0n) is 10.7. The Hall–Kier alpha value is -1.73. The maximum absolute atomic E-state index is 11.1. The maximum Gasteiger partial charge on any atom is 0.346 e. The van der Waals surface area contributed by atoms with Crippen LogP contribution in [0.1, 0.15) is 22.2 Å². The van der Waals surface area contributed by atoms with Crippen molar-refractivity contribution in [3.05, 3.63) is 16.8 Å². The van der Waals surface area contributed by atoms with Gasteiger partial charge in [-0.3, -0.25) is 0 Å². The quantitative estimate of drug-likeness (QED) is 0.772. The van der Waals surface area contributed by atoms with E-state index in [9.17, 15) is 4.79 Å². The Morgan fingerprint density at radius 1 is 1.53 bits per heavy atom. The number of fused-ring (bicyclic) bond motifs is 1. The van der Waals surface area contributed by atoms with Gasteiger partial charge in [-0.25, -0.2) is 14.8 Å². The monoisotopic (exact) mass is 281 g/mol. The first-order chi connectivity index (χ1) is 9.04. The number of aliphatic hydroxyl groups excluding tert-OH is 1. The second-order valence-electron chi connectivity index (χ2n) is 4.43. The number of aromatic carboxylic acids is 1. The van der Waals surface area contributed by atoms with Crippen molar-refractivity contribution >= 4 is 33.3 Å². The summed E-state index contributed by atoms with van der Waals surface area (Å²) in [6.45, 7) is 4.32. The molecule has 3 N–H and O–H groups in total. The zero-order chi connectivity index (χ0) is 14.0. The minimum absolute atomic E-state index is 0.0875. The minimum Gasteiger partial charge on any atom is -0.477 e. The van der Waals surface area contributed by atoms with Crippen LogP contribution < -0.4 is 5.32 Å². The Balaban J connectivity index is 2.41. The number of carboxylic acids is 1. The number of hydrogen-bond donors (Lipinski definition) is 3. The normalized spacial score (nSPS) is 12.6. The fourth-order valence-corrected chi connectivity index (χ4v) is 2.73. The average molecular weight is 281 g/mol. The van der Waals surface area contributed by atoms with Crippen molar-refractivity contribution < 1.29 is 15.0 Å². The summed E-state index contributed by atoms with van der Waals surface area (Å²) < 4.78 is 0. The van der Waals surface area contributed by atoms with Gasteiger partial charge in [-0.15, -0.1) is 11.3 Å². The Morgan fingerprint density at radius 3 is 2.89 bits per heavy atom. The summed E-state index contributed by atoms with van der Waals surface area (Å²) in [5.41, 5.74) is 0.673. The highest BCUT2D eigenvalue weighted by molar-refractivity contribution is 7.20. The highest BCUT2D eigenvalue weighted by Gasteiger charge is 2.18. The first kappa shape index (κ1) is 13.7. The van der Waals surface area contributed by atoms with Crippen LogP contribution >= 0.6 is 11.3 Å². The van der Waals surface area contributed by atoms with Crippen molar-refractivity contribution in [3.63, 3.8) is 0 Å². The lowest BCUT2D eigenvalue weighted by Crippen LogP contribution is -2.15. The van der Waals surface area contributed by atoms with Crippen molar-refractivity contribution in [1.29, 1.82) is 0 Å². The van der Waals surface area contributed by atoms with Gasteiger partial charge in [-0.05, 0) is 18.4 Å². The first-order valence-corrected chi connectivity index (χ1v) is 6.68. The summed E-state index contributed by atoms with van der Waals surface area (Å²) in [4.78, 5) is 20.3. The van der Waals surface area contributed by atoms with E-state index in [2.05, 4.69) is 15.3 Å². The fourth-order valence-electron chi connectivity index (χ4n) is 1.75. The number of nitrogens with one attached hydrogen (secondary N) is 1. The largest absolute Gasteiger partial charge is 0.477 e. The third kappa shape index (κ3) is 2.66. The summed E-state index contributed by atoms with van der Waals surface area (Å²) in [6.07, 6.45) is 1.41. The first-order valence-electron chi connectivity index (χ1n) is 5.86. The lowest BCUT2D eigenvalue weighted by Gasteiger charge is -2.10. The summed E-state index contributed by atoms with van der Waals surface area (Å²) in [5.74, 6) is -0.232. The Kier molecular flexibility index (Phi) is 3.96. The second kappa shape index (κ2) is 5.50. The summed E-state index contributed by atoms with van der Waals surface area (Å²) >= 11 is 1.15. The van der Waals surface area contributed by atoms with Crippen LogP contribution in [-0.2, 0) is 0 Å². The Bertz CT molecular complexity index is 612. The molecule has 0 spiro atoms. The highest BCUT2D eigenvalue weighted by atomic mass is 32.1. The Labute approximate surface area is 114 Å². The van der Waals surface area contributed by atoms with E-state index in [1.165, 1.54) is 6.33 Å². The SMILES string of the molecule is Cc1c(C(=O)O)sc2ncnc(NCC(C)CO)c12. The van der Waals surface area contributed by atoms with Gasteiger partial charge in [0.25, 0.3) is 0 Å². The molecule has 1 atom stereocenters. The number of nitrogens with zero attached hydrogens (tertiary/aromatic N) is 2. The van der Waals surface area contributed by atoms with Gasteiger partial charge in [0.05, 0.1) is 5.39 Å². The summed E-state index contributed by atoms with van der Waals surface area (Å²) in [7, 11) is 0. The van der Waals surface area contributed by atoms with Gasteiger partial charge in [-0.1, -0.05) is 6.92 Å². The molecule has 7 heteroatoms. The molecule has 0 aliphatic heterocycles. The molecule has 0 saturated heterocycles. The van der Waals surface area contributed by atoms with Crippen molar-refractivity contribution in [3.8, 4) is 0 Å². The van der Waals surface area contributed by atoms with Gasteiger partial charge in [0.2, 0.25) is 0 Å². The number of rotatable bonds is 5. The van der Waals surface area contributed by atoms with E-state index >= 15 is 0 Å². The average Bonchev–Trinajstić information content (AvgIpc) is 2.74. The number of carboxylic acid groups (broad SMARTS) is 1. The summed E-state index contributed by atoms with van der Waals surface area (Å²) in [6, 6.07) is 0. The smallest absolute Gasteiger partial charge is 0.346 e. The molecule has 102 valence electrons. The van der Waals surface area contributed by atoms with Crippen LogP contribution in [0.2, 0.25) is 0 Å². The van der Waals surface area contributed by atoms with Gasteiger partial charge in [0, 0.05) is 13.2 Å². The summed E-state index contributed by atoms with van der Waals surface area (Å²) in [5, 5.41) is 22.0. The standard InChI is InChI=1S/C12H15N3O3S/c1-6(4-16)3-13-10-8-7(2)9(12(17)18)19-11(8)15-5-14-10/h5-6,16H,3-4H2,1-2H3,(H,17,18)(H,13,14,15). The van der Waals surface area contributed by atoms with Crippen molar-refractivity contribution in [1.82, 2.24) is 9.97 Å². The molecule has 0 aromatic carbocycles. The van der Waals surface area contributed by atoms with Crippen LogP contribution in [-0.4, -0.2) is 39.3 Å². The van der Waals surface area contributed by atoms with Gasteiger partial charge in [0.1, 0.15) is 21.9 Å². The molecule has 0 aliphatic carbocycles. The van der Waals surface area contributed by atoms with E-state index in [1.54, 1.807) is 6.92 Å². The molecule has 0 amide bonds. The van der Waals surface area contributed by atoms with Crippen LogP contribution in [0.4, 0.5) is 5.82 Å². The predicted molar refractivity (Wildman–Crippen MR) is 73.9 cm³/mol. The molecule has 0 bridgehead atoms. The Morgan fingerprint density at radius 2 is 2.26 bits per heavy atom. The van der Waals surface area contributed by atoms with Crippen LogP contribution in [0.3, 0.4) is 0 Å². The molecular weight excluding hydrogens is 266 g/mol. The second-order valence-corrected chi connectivity index (χ2v) is 5.43. The van der Waals surface area contributed by atoms with Crippen LogP contribution in [0.25, 0.3) is 10.2 Å². The van der Waals surface area contributed by atoms with E-state index in [-0.39, 0.29) is 17.4 Å². The number of aliphatic hydroxyl groups is 1. The number of anilines is 1. The van der Waals surface area contributed by atoms with E-state index in [4.69, 9.17) is 10.2 Å². The number of aryl methyl sites for hydroxylation is 1. The van der Waals surface area contributed by atoms with Gasteiger partial charge >= 0.3 is 5.97 Å². The fraction of sp³-hybridized carbons (Fsp3) is 0.417. The molecule has 0 fully saturated rings. The van der Waals surface area contributed by atoms with E-state index in [1.807, 2.05) is 6.92 Å². The minimum atomic E-state index is -0.949. The third-order valence-electron chi connectivity index (χ3n) is 2.85. The molecule has 2 aromatic rings. The van der Waals surface area contributed by atoms with Crippen LogP contribution in [0.5, 0.6) is 0 Å². The number of thiophene rings is 1. The number of carbonyl (C=O) groups is 1. The molecule has 2 aromatic heterocycles. The molecule has 0 radical (unpaired) electrons. The molecule has 0 aliphatic rings. The topological polar surface area (TPSA) is 95.3 Å². The van der Waals surface area contributed by atoms with Crippen LogP contribution in [0, 0.1) is 12.8 Å². The van der Waals surface area contributed by atoms with E-state index in [0.717, 1.165) is 16.7 Å². The van der Waals surface area contributed by atoms with Crippen molar-refractivity contribution in [2.75, 3.05) is 18.5 Å².